The third-order valence-corrected chi connectivity index (χ3v) is 3.97. The molecule has 1 aromatic heterocycles. The smallest absolute Gasteiger partial charge is 0.308 e. The van der Waals surface area contributed by atoms with Gasteiger partial charge >= 0.3 is 5.97 Å². The summed E-state index contributed by atoms with van der Waals surface area (Å²) in [4.78, 5) is 17.5. The Bertz CT molecular complexity index is 455. The van der Waals surface area contributed by atoms with E-state index in [-0.39, 0.29) is 12.0 Å². The van der Waals surface area contributed by atoms with Gasteiger partial charge in [0.05, 0.1) is 12.5 Å². The molecular formula is C12H17N3O3. The van der Waals surface area contributed by atoms with Gasteiger partial charge in [-0.15, -0.1) is 0 Å². The Kier molecular flexibility index (Phi) is 2.81. The second-order valence-electron chi connectivity index (χ2n) is 5.27. The first-order valence-corrected chi connectivity index (χ1v) is 6.44. The van der Waals surface area contributed by atoms with Crippen LogP contribution in [-0.4, -0.2) is 38.7 Å². The summed E-state index contributed by atoms with van der Waals surface area (Å²) in [6.07, 6.45) is 3.00. The average Bonchev–Trinajstić information content (AvgIpc) is 2.97. The molecule has 1 saturated carbocycles. The molecule has 1 aromatic rings. The van der Waals surface area contributed by atoms with Gasteiger partial charge in [-0.2, -0.15) is 4.98 Å². The van der Waals surface area contributed by atoms with E-state index in [9.17, 15) is 4.79 Å². The molecule has 0 bridgehead atoms. The van der Waals surface area contributed by atoms with Crippen LogP contribution in [0.2, 0.25) is 0 Å². The largest absolute Gasteiger partial charge is 0.481 e. The van der Waals surface area contributed by atoms with Crippen LogP contribution >= 0.6 is 0 Å². The third kappa shape index (κ3) is 2.12. The minimum atomic E-state index is -0.714. The van der Waals surface area contributed by atoms with Crippen molar-refractivity contribution in [2.75, 3.05) is 6.54 Å². The molecule has 2 heterocycles. The number of aromatic nitrogens is 2. The Balaban J connectivity index is 1.63. The van der Waals surface area contributed by atoms with Gasteiger partial charge in [-0.3, -0.25) is 9.69 Å². The zero-order chi connectivity index (χ0) is 12.7. The van der Waals surface area contributed by atoms with Crippen molar-refractivity contribution < 1.29 is 14.4 Å². The van der Waals surface area contributed by atoms with Crippen LogP contribution in [0.4, 0.5) is 0 Å². The third-order valence-electron chi connectivity index (χ3n) is 3.97. The van der Waals surface area contributed by atoms with Crippen molar-refractivity contribution >= 4 is 5.97 Å². The molecule has 0 aromatic carbocycles. The lowest BCUT2D eigenvalue weighted by molar-refractivity contribution is -0.142. The standard InChI is InChI=1S/C12H17N3O3/c1-7-9(12(16)17)4-5-15(7)6-10-13-11(14-18-10)8-2-3-8/h7-9H,2-6H2,1H3,(H,16,17). The highest BCUT2D eigenvalue weighted by Gasteiger charge is 2.36. The van der Waals surface area contributed by atoms with Gasteiger partial charge in [0.15, 0.2) is 5.82 Å². The molecule has 6 heteroatoms. The minimum Gasteiger partial charge on any atom is -0.481 e. The average molecular weight is 251 g/mol. The Labute approximate surface area is 105 Å². The van der Waals surface area contributed by atoms with Crippen molar-refractivity contribution in [1.29, 1.82) is 0 Å². The van der Waals surface area contributed by atoms with Crippen molar-refractivity contribution in [1.82, 2.24) is 15.0 Å². The predicted octanol–water partition coefficient (Wildman–Crippen LogP) is 1.24. The zero-order valence-corrected chi connectivity index (χ0v) is 10.4. The van der Waals surface area contributed by atoms with E-state index in [1.54, 1.807) is 0 Å². The normalized spacial score (nSPS) is 28.7. The van der Waals surface area contributed by atoms with Gasteiger partial charge in [0, 0.05) is 12.0 Å². The molecule has 18 heavy (non-hydrogen) atoms. The Morgan fingerprint density at radius 3 is 2.89 bits per heavy atom. The summed E-state index contributed by atoms with van der Waals surface area (Å²) >= 11 is 0. The van der Waals surface area contributed by atoms with Gasteiger partial charge in [-0.25, -0.2) is 0 Å². The lowest BCUT2D eigenvalue weighted by Crippen LogP contribution is -2.32. The first-order chi connectivity index (χ1) is 8.65. The second kappa shape index (κ2) is 4.35. The molecule has 3 rings (SSSR count). The molecule has 0 spiro atoms. The summed E-state index contributed by atoms with van der Waals surface area (Å²) in [5, 5.41) is 13.0. The number of hydrogen-bond acceptors (Lipinski definition) is 5. The molecule has 98 valence electrons. The maximum absolute atomic E-state index is 11.0. The number of carboxylic acid groups (broad SMARTS) is 1. The van der Waals surface area contributed by atoms with Crippen molar-refractivity contribution in [3.63, 3.8) is 0 Å². The van der Waals surface area contributed by atoms with Crippen LogP contribution in [0.5, 0.6) is 0 Å². The van der Waals surface area contributed by atoms with E-state index in [1.807, 2.05) is 6.92 Å². The maximum Gasteiger partial charge on any atom is 0.308 e. The number of aliphatic carboxylic acids is 1. The van der Waals surface area contributed by atoms with Crippen LogP contribution in [-0.2, 0) is 11.3 Å². The van der Waals surface area contributed by atoms with Crippen LogP contribution < -0.4 is 0 Å². The van der Waals surface area contributed by atoms with Gasteiger partial charge in [0.1, 0.15) is 0 Å². The van der Waals surface area contributed by atoms with Crippen molar-refractivity contribution in [3.8, 4) is 0 Å². The lowest BCUT2D eigenvalue weighted by atomic mass is 10.0. The first kappa shape index (κ1) is 11.6. The fourth-order valence-corrected chi connectivity index (χ4v) is 2.57. The van der Waals surface area contributed by atoms with Crippen molar-refractivity contribution in [3.05, 3.63) is 11.7 Å². The van der Waals surface area contributed by atoms with Crippen LogP contribution in [0.15, 0.2) is 4.52 Å². The predicted molar refractivity (Wildman–Crippen MR) is 61.9 cm³/mol. The van der Waals surface area contributed by atoms with E-state index in [1.165, 1.54) is 0 Å². The summed E-state index contributed by atoms with van der Waals surface area (Å²) < 4.78 is 5.22. The van der Waals surface area contributed by atoms with Gasteiger partial charge in [0.2, 0.25) is 5.89 Å². The van der Waals surface area contributed by atoms with Crippen LogP contribution in [0.1, 0.15) is 43.8 Å². The highest BCUT2D eigenvalue weighted by atomic mass is 16.5. The molecule has 2 unspecified atom stereocenters. The summed E-state index contributed by atoms with van der Waals surface area (Å²) in [6.45, 7) is 3.29. The molecule has 0 amide bonds. The van der Waals surface area contributed by atoms with Gasteiger partial charge in [-0.05, 0) is 32.7 Å². The number of nitrogens with zero attached hydrogens (tertiary/aromatic N) is 3. The van der Waals surface area contributed by atoms with Crippen molar-refractivity contribution in [2.45, 2.75) is 44.7 Å². The van der Waals surface area contributed by atoms with Crippen LogP contribution in [0, 0.1) is 5.92 Å². The number of rotatable bonds is 4. The number of carboxylic acids is 1. The van der Waals surface area contributed by atoms with Crippen LogP contribution in [0.25, 0.3) is 0 Å². The summed E-state index contributed by atoms with van der Waals surface area (Å²) in [5.74, 6) is 0.914. The Hall–Kier alpha value is -1.43. The van der Waals surface area contributed by atoms with E-state index in [0.29, 0.717) is 24.8 Å². The summed E-state index contributed by atoms with van der Waals surface area (Å²) in [6, 6.07) is 0.0266. The molecular weight excluding hydrogens is 234 g/mol. The highest BCUT2D eigenvalue weighted by molar-refractivity contribution is 5.71. The van der Waals surface area contributed by atoms with E-state index in [0.717, 1.165) is 25.2 Å². The fraction of sp³-hybridized carbons (Fsp3) is 0.750. The van der Waals surface area contributed by atoms with E-state index < -0.39 is 5.97 Å². The fourth-order valence-electron chi connectivity index (χ4n) is 2.57. The topological polar surface area (TPSA) is 79.5 Å². The quantitative estimate of drug-likeness (QED) is 0.867. The highest BCUT2D eigenvalue weighted by Crippen LogP contribution is 2.38. The second-order valence-corrected chi connectivity index (χ2v) is 5.27. The Morgan fingerprint density at radius 1 is 1.50 bits per heavy atom. The number of likely N-dealkylation sites (tertiary alicyclic amines) is 1. The van der Waals surface area contributed by atoms with E-state index >= 15 is 0 Å². The minimum absolute atomic E-state index is 0.0266. The molecule has 2 atom stereocenters. The number of carbonyl (C=O) groups is 1. The monoisotopic (exact) mass is 251 g/mol. The molecule has 1 aliphatic carbocycles. The summed E-state index contributed by atoms with van der Waals surface area (Å²) in [7, 11) is 0. The summed E-state index contributed by atoms with van der Waals surface area (Å²) in [5.41, 5.74) is 0. The van der Waals surface area contributed by atoms with Gasteiger partial charge < -0.3 is 9.63 Å². The lowest BCUT2D eigenvalue weighted by Gasteiger charge is -2.20. The van der Waals surface area contributed by atoms with Gasteiger partial charge in [0.25, 0.3) is 0 Å². The Morgan fingerprint density at radius 2 is 2.28 bits per heavy atom. The number of hydrogen-bond donors (Lipinski definition) is 1. The molecule has 1 N–H and O–H groups in total. The molecule has 6 nitrogen and oxygen atoms in total. The van der Waals surface area contributed by atoms with Gasteiger partial charge in [-0.1, -0.05) is 5.16 Å². The molecule has 2 fully saturated rings. The van der Waals surface area contributed by atoms with E-state index in [2.05, 4.69) is 15.0 Å². The van der Waals surface area contributed by atoms with E-state index in [4.69, 9.17) is 9.63 Å². The zero-order valence-electron chi connectivity index (χ0n) is 10.4. The maximum atomic E-state index is 11.0. The molecule has 0 radical (unpaired) electrons. The van der Waals surface area contributed by atoms with Crippen molar-refractivity contribution in [2.24, 2.45) is 5.92 Å². The van der Waals surface area contributed by atoms with Crippen LogP contribution in [0.3, 0.4) is 0 Å². The molecule has 2 aliphatic rings. The first-order valence-electron chi connectivity index (χ1n) is 6.44. The molecule has 1 saturated heterocycles. The SMILES string of the molecule is CC1C(C(=O)O)CCN1Cc1nc(C2CC2)no1. The molecule has 1 aliphatic heterocycles.